The fraction of sp³-hybridized carbons (Fsp3) is 0.231. The quantitative estimate of drug-likeness (QED) is 0.375. The van der Waals surface area contributed by atoms with Gasteiger partial charge in [-0.3, -0.25) is 0 Å². The predicted octanol–water partition coefficient (Wildman–Crippen LogP) is 2.06. The number of nitrogens with zero attached hydrogens (tertiary/aromatic N) is 3. The lowest BCUT2D eigenvalue weighted by Gasteiger charge is -2.08. The zero-order valence-corrected chi connectivity index (χ0v) is 10.8. The topological polar surface area (TPSA) is 57.4 Å². The zero-order chi connectivity index (χ0) is 13.5. The van der Waals surface area contributed by atoms with Crippen LogP contribution in [0.4, 0.5) is 0 Å². The maximum absolute atomic E-state index is 8.66. The minimum Gasteiger partial charge on any atom is -0.497 e. The van der Waals surface area contributed by atoms with Crippen LogP contribution < -0.4 is 4.74 Å². The van der Waals surface area contributed by atoms with E-state index in [4.69, 9.17) is 9.94 Å². The van der Waals surface area contributed by atoms with Gasteiger partial charge in [0.2, 0.25) is 0 Å². The number of hydrogen-bond acceptors (Lipinski definition) is 4. The van der Waals surface area contributed by atoms with E-state index < -0.39 is 0 Å². The van der Waals surface area contributed by atoms with Crippen LogP contribution in [0.2, 0.25) is 0 Å². The molecule has 0 spiro atoms. The van der Waals surface area contributed by atoms with E-state index in [-0.39, 0.29) is 0 Å². The summed E-state index contributed by atoms with van der Waals surface area (Å²) in [7, 11) is 5.33. The molecule has 5 nitrogen and oxygen atoms in total. The Hall–Kier alpha value is -2.30. The zero-order valence-electron chi connectivity index (χ0n) is 10.8. The molecule has 1 aromatic carbocycles. The first-order valence-corrected chi connectivity index (χ1v) is 5.34. The lowest BCUT2D eigenvalue weighted by molar-refractivity contribution is 0.322. The third-order valence-corrected chi connectivity index (χ3v) is 2.21. The van der Waals surface area contributed by atoms with Crippen LogP contribution in [0.15, 0.2) is 34.9 Å². The van der Waals surface area contributed by atoms with Crippen LogP contribution in [-0.4, -0.2) is 43.9 Å². The molecular formula is C13H17N3O2. The maximum atomic E-state index is 8.66. The third-order valence-electron chi connectivity index (χ3n) is 2.21. The molecule has 1 rings (SSSR count). The predicted molar refractivity (Wildman–Crippen MR) is 73.6 cm³/mol. The van der Waals surface area contributed by atoms with E-state index in [1.807, 2.05) is 25.1 Å². The highest BCUT2D eigenvalue weighted by Crippen LogP contribution is 2.22. The first-order chi connectivity index (χ1) is 8.58. The van der Waals surface area contributed by atoms with Crippen molar-refractivity contribution in [1.29, 1.82) is 0 Å². The molecule has 0 saturated heterocycles. The second-order valence-electron chi connectivity index (χ2n) is 3.85. The summed E-state index contributed by atoms with van der Waals surface area (Å²) in [5.74, 6) is 0.679. The van der Waals surface area contributed by atoms with E-state index >= 15 is 0 Å². The Bertz CT molecular complexity index is 479. The smallest absolute Gasteiger partial charge is 0.119 e. The van der Waals surface area contributed by atoms with Gasteiger partial charge in [-0.25, -0.2) is 4.99 Å². The Morgan fingerprint density at radius 2 is 2.17 bits per heavy atom. The number of aliphatic imine (C=N–C) groups is 1. The van der Waals surface area contributed by atoms with Crippen molar-refractivity contribution in [2.24, 2.45) is 10.1 Å². The van der Waals surface area contributed by atoms with Crippen molar-refractivity contribution in [3.8, 4) is 5.75 Å². The first kappa shape index (κ1) is 13.8. The average molecular weight is 247 g/mol. The van der Waals surface area contributed by atoms with Gasteiger partial charge in [0.05, 0.1) is 25.4 Å². The van der Waals surface area contributed by atoms with Crippen LogP contribution in [-0.2, 0) is 0 Å². The molecule has 0 aromatic heterocycles. The van der Waals surface area contributed by atoms with Crippen LogP contribution in [0.25, 0.3) is 5.70 Å². The third kappa shape index (κ3) is 3.62. The number of ether oxygens (including phenoxy) is 1. The van der Waals surface area contributed by atoms with Gasteiger partial charge in [-0.05, 0) is 18.2 Å². The van der Waals surface area contributed by atoms with Gasteiger partial charge in [-0.15, -0.1) is 0 Å². The van der Waals surface area contributed by atoms with Gasteiger partial charge >= 0.3 is 0 Å². The molecule has 5 heteroatoms. The minimum absolute atomic E-state index is 0.584. The SMILES string of the molecule is C=C(N=CN(C)C)c1ccc(OC)cc1/C=N\O. The lowest BCUT2D eigenvalue weighted by Crippen LogP contribution is -2.07. The van der Waals surface area contributed by atoms with E-state index in [9.17, 15) is 0 Å². The van der Waals surface area contributed by atoms with Crippen LogP contribution >= 0.6 is 0 Å². The van der Waals surface area contributed by atoms with Crippen molar-refractivity contribution in [2.75, 3.05) is 21.2 Å². The molecule has 18 heavy (non-hydrogen) atoms. The van der Waals surface area contributed by atoms with Gasteiger partial charge in [0.15, 0.2) is 0 Å². The number of hydrogen-bond donors (Lipinski definition) is 1. The normalized spacial score (nSPS) is 11.1. The van der Waals surface area contributed by atoms with E-state index in [1.54, 1.807) is 25.6 Å². The molecule has 0 unspecified atom stereocenters. The highest BCUT2D eigenvalue weighted by Gasteiger charge is 2.05. The number of oxime groups is 1. The summed E-state index contributed by atoms with van der Waals surface area (Å²) in [6.45, 7) is 3.89. The maximum Gasteiger partial charge on any atom is 0.119 e. The molecule has 0 fully saturated rings. The summed E-state index contributed by atoms with van der Waals surface area (Å²) < 4.78 is 5.11. The monoisotopic (exact) mass is 247 g/mol. The summed E-state index contributed by atoms with van der Waals surface area (Å²) in [5, 5.41) is 11.7. The van der Waals surface area contributed by atoms with Crippen molar-refractivity contribution in [3.63, 3.8) is 0 Å². The fourth-order valence-electron chi connectivity index (χ4n) is 1.35. The Labute approximate surface area is 107 Å². The molecule has 0 aliphatic heterocycles. The molecular weight excluding hydrogens is 230 g/mol. The standard InChI is InChI=1S/C13H17N3O2/c1-10(14-9-16(2)3)13-6-5-12(18-4)7-11(13)8-15-17/h5-9,17H,1H2,2-4H3/b14-9?,15-8-. The van der Waals surface area contributed by atoms with Crippen molar-refractivity contribution < 1.29 is 9.94 Å². The minimum atomic E-state index is 0.584. The highest BCUT2D eigenvalue weighted by molar-refractivity contribution is 5.89. The highest BCUT2D eigenvalue weighted by atomic mass is 16.5. The molecule has 0 saturated carbocycles. The van der Waals surface area contributed by atoms with Crippen LogP contribution in [0.3, 0.4) is 0 Å². The lowest BCUT2D eigenvalue weighted by atomic mass is 10.1. The summed E-state index contributed by atoms with van der Waals surface area (Å²) in [5.41, 5.74) is 2.06. The number of rotatable bonds is 5. The van der Waals surface area contributed by atoms with Gasteiger partial charge in [0.25, 0.3) is 0 Å². The van der Waals surface area contributed by atoms with Crippen LogP contribution in [0, 0.1) is 0 Å². The summed E-state index contributed by atoms with van der Waals surface area (Å²) in [6, 6.07) is 5.39. The molecule has 0 radical (unpaired) electrons. The fourth-order valence-corrected chi connectivity index (χ4v) is 1.35. The largest absolute Gasteiger partial charge is 0.497 e. The second-order valence-corrected chi connectivity index (χ2v) is 3.85. The van der Waals surface area contributed by atoms with Crippen molar-refractivity contribution >= 4 is 18.3 Å². The molecule has 96 valence electrons. The van der Waals surface area contributed by atoms with Gasteiger partial charge in [-0.1, -0.05) is 11.7 Å². The van der Waals surface area contributed by atoms with Gasteiger partial charge in [-0.2, -0.15) is 0 Å². The molecule has 0 amide bonds. The summed E-state index contributed by atoms with van der Waals surface area (Å²) in [6.07, 6.45) is 2.99. The van der Waals surface area contributed by atoms with E-state index in [2.05, 4.69) is 16.7 Å². The molecule has 0 aliphatic rings. The van der Waals surface area contributed by atoms with E-state index in [0.717, 1.165) is 5.56 Å². The first-order valence-electron chi connectivity index (χ1n) is 5.34. The van der Waals surface area contributed by atoms with Gasteiger partial charge < -0.3 is 14.8 Å². The van der Waals surface area contributed by atoms with Crippen molar-refractivity contribution in [2.45, 2.75) is 0 Å². The van der Waals surface area contributed by atoms with Gasteiger partial charge in [0.1, 0.15) is 5.75 Å². The molecule has 0 heterocycles. The Balaban J connectivity index is 3.11. The summed E-state index contributed by atoms with van der Waals surface area (Å²) in [4.78, 5) is 6.03. The van der Waals surface area contributed by atoms with Gasteiger partial charge in [0, 0.05) is 25.2 Å². The van der Waals surface area contributed by atoms with Crippen molar-refractivity contribution in [3.05, 3.63) is 35.9 Å². The average Bonchev–Trinajstić information content (AvgIpc) is 2.36. The molecule has 1 aromatic rings. The summed E-state index contributed by atoms with van der Waals surface area (Å²) >= 11 is 0. The number of benzene rings is 1. The van der Waals surface area contributed by atoms with E-state index in [0.29, 0.717) is 17.0 Å². The van der Waals surface area contributed by atoms with Crippen LogP contribution in [0.5, 0.6) is 5.75 Å². The molecule has 0 bridgehead atoms. The number of methoxy groups -OCH3 is 1. The molecule has 0 aliphatic carbocycles. The van der Waals surface area contributed by atoms with Crippen LogP contribution in [0.1, 0.15) is 11.1 Å². The Kier molecular flexibility index (Phi) is 4.92. The van der Waals surface area contributed by atoms with E-state index in [1.165, 1.54) is 6.21 Å². The Morgan fingerprint density at radius 1 is 1.44 bits per heavy atom. The molecule has 0 atom stereocenters. The van der Waals surface area contributed by atoms with Crippen molar-refractivity contribution in [1.82, 2.24) is 4.90 Å². The second kappa shape index (κ2) is 6.44. The Morgan fingerprint density at radius 3 is 2.72 bits per heavy atom. The molecule has 1 N–H and O–H groups in total.